The number of fused-ring (bicyclic) bond motifs is 1. The topological polar surface area (TPSA) is 56.2 Å². The van der Waals surface area contributed by atoms with Crippen molar-refractivity contribution < 1.29 is 4.42 Å². The SMILES string of the molecule is c1ccc(Cc2nnc(SCc3cn4ccsc4n3)o2)cc1. The van der Waals surface area contributed by atoms with Gasteiger partial charge >= 0.3 is 0 Å². The molecule has 3 heterocycles. The van der Waals surface area contributed by atoms with E-state index in [2.05, 4.69) is 27.3 Å². The number of thioether (sulfide) groups is 1. The molecule has 0 N–H and O–H groups in total. The summed E-state index contributed by atoms with van der Waals surface area (Å²) in [6.45, 7) is 0. The summed E-state index contributed by atoms with van der Waals surface area (Å²) in [7, 11) is 0. The van der Waals surface area contributed by atoms with E-state index in [1.165, 1.54) is 11.8 Å². The molecule has 0 aliphatic carbocycles. The highest BCUT2D eigenvalue weighted by atomic mass is 32.2. The van der Waals surface area contributed by atoms with Gasteiger partial charge in [-0.05, 0) is 5.56 Å². The molecule has 0 unspecified atom stereocenters. The average Bonchev–Trinajstić information content (AvgIpc) is 3.22. The average molecular weight is 328 g/mol. The van der Waals surface area contributed by atoms with E-state index in [4.69, 9.17) is 4.42 Å². The minimum absolute atomic E-state index is 0.585. The van der Waals surface area contributed by atoms with Gasteiger partial charge in [0, 0.05) is 23.5 Å². The van der Waals surface area contributed by atoms with Crippen molar-refractivity contribution in [1.29, 1.82) is 0 Å². The van der Waals surface area contributed by atoms with Crippen molar-refractivity contribution in [2.75, 3.05) is 0 Å². The minimum Gasteiger partial charge on any atom is -0.416 e. The van der Waals surface area contributed by atoms with E-state index in [0.717, 1.165) is 22.0 Å². The van der Waals surface area contributed by atoms with Crippen LogP contribution in [0.4, 0.5) is 0 Å². The molecule has 0 bridgehead atoms. The number of hydrogen-bond acceptors (Lipinski definition) is 6. The second-order valence-corrected chi connectivity index (χ2v) is 6.54. The van der Waals surface area contributed by atoms with Crippen molar-refractivity contribution in [3.05, 3.63) is 65.3 Å². The van der Waals surface area contributed by atoms with Crippen LogP contribution in [0.15, 0.2) is 57.7 Å². The van der Waals surface area contributed by atoms with Gasteiger partial charge in [-0.3, -0.25) is 4.40 Å². The Balaban J connectivity index is 1.40. The molecular formula is C15H12N4OS2. The Labute approximate surface area is 135 Å². The predicted octanol–water partition coefficient (Wildman–Crippen LogP) is 3.66. The van der Waals surface area contributed by atoms with E-state index in [0.29, 0.717) is 17.5 Å². The lowest BCUT2D eigenvalue weighted by molar-refractivity contribution is 0.420. The molecule has 4 rings (SSSR count). The third kappa shape index (κ3) is 2.90. The zero-order chi connectivity index (χ0) is 14.8. The first kappa shape index (κ1) is 13.5. The van der Waals surface area contributed by atoms with Crippen LogP contribution in [0.5, 0.6) is 0 Å². The van der Waals surface area contributed by atoms with Crippen molar-refractivity contribution in [2.24, 2.45) is 0 Å². The summed E-state index contributed by atoms with van der Waals surface area (Å²) in [6.07, 6.45) is 4.69. The molecule has 0 atom stereocenters. The first-order valence-corrected chi connectivity index (χ1v) is 8.63. The number of hydrogen-bond donors (Lipinski definition) is 0. The smallest absolute Gasteiger partial charge is 0.276 e. The molecule has 22 heavy (non-hydrogen) atoms. The van der Waals surface area contributed by atoms with E-state index in [1.54, 1.807) is 11.3 Å². The number of thiazole rings is 1. The highest BCUT2D eigenvalue weighted by Crippen LogP contribution is 2.23. The first-order valence-electron chi connectivity index (χ1n) is 6.77. The number of rotatable bonds is 5. The third-order valence-electron chi connectivity index (χ3n) is 3.13. The number of benzene rings is 1. The Bertz CT molecular complexity index is 853. The molecule has 7 heteroatoms. The van der Waals surface area contributed by atoms with Crippen LogP contribution in [-0.2, 0) is 12.2 Å². The lowest BCUT2D eigenvalue weighted by Crippen LogP contribution is -1.87. The fraction of sp³-hybridized carbons (Fsp3) is 0.133. The molecule has 0 aliphatic rings. The second kappa shape index (κ2) is 5.94. The molecule has 0 aliphatic heterocycles. The van der Waals surface area contributed by atoms with Crippen LogP contribution >= 0.6 is 23.1 Å². The lowest BCUT2D eigenvalue weighted by Gasteiger charge is -1.95. The van der Waals surface area contributed by atoms with Gasteiger partial charge in [0.25, 0.3) is 5.22 Å². The fourth-order valence-electron chi connectivity index (χ4n) is 2.12. The van der Waals surface area contributed by atoms with Gasteiger partial charge in [0.05, 0.1) is 12.1 Å². The molecular weight excluding hydrogens is 316 g/mol. The highest BCUT2D eigenvalue weighted by Gasteiger charge is 2.09. The summed E-state index contributed by atoms with van der Waals surface area (Å²) >= 11 is 3.14. The molecule has 0 saturated carbocycles. The molecule has 0 fully saturated rings. The van der Waals surface area contributed by atoms with Crippen molar-refractivity contribution >= 4 is 28.1 Å². The monoisotopic (exact) mass is 328 g/mol. The third-order valence-corrected chi connectivity index (χ3v) is 4.76. The van der Waals surface area contributed by atoms with Crippen molar-refractivity contribution in [1.82, 2.24) is 19.6 Å². The van der Waals surface area contributed by atoms with Crippen LogP contribution in [0.1, 0.15) is 17.1 Å². The van der Waals surface area contributed by atoms with Crippen molar-refractivity contribution in [2.45, 2.75) is 17.4 Å². The molecule has 0 spiro atoms. The zero-order valence-corrected chi connectivity index (χ0v) is 13.2. The highest BCUT2D eigenvalue weighted by molar-refractivity contribution is 7.98. The normalized spacial score (nSPS) is 11.3. The van der Waals surface area contributed by atoms with Gasteiger partial charge < -0.3 is 4.42 Å². The van der Waals surface area contributed by atoms with Crippen LogP contribution in [0, 0.1) is 0 Å². The van der Waals surface area contributed by atoms with Crippen LogP contribution in [-0.4, -0.2) is 19.6 Å². The number of nitrogens with zero attached hydrogens (tertiary/aromatic N) is 4. The second-order valence-electron chi connectivity index (χ2n) is 4.74. The van der Waals surface area contributed by atoms with E-state index in [9.17, 15) is 0 Å². The van der Waals surface area contributed by atoms with E-state index in [-0.39, 0.29) is 0 Å². The van der Waals surface area contributed by atoms with Gasteiger partial charge in [0.2, 0.25) is 5.89 Å². The largest absolute Gasteiger partial charge is 0.416 e. The predicted molar refractivity (Wildman–Crippen MR) is 86.2 cm³/mol. The minimum atomic E-state index is 0.585. The lowest BCUT2D eigenvalue weighted by atomic mass is 10.2. The van der Waals surface area contributed by atoms with Gasteiger partial charge in [-0.1, -0.05) is 42.1 Å². The standard InChI is InChI=1S/C15H12N4OS2/c1-2-4-11(5-3-1)8-13-17-18-15(20-13)22-10-12-9-19-6-7-21-14(19)16-12/h1-7,9H,8,10H2. The summed E-state index contributed by atoms with van der Waals surface area (Å²) < 4.78 is 7.70. The van der Waals surface area contributed by atoms with E-state index >= 15 is 0 Å². The summed E-state index contributed by atoms with van der Waals surface area (Å²) in [5, 5.41) is 10.8. The Hall–Kier alpha value is -2.12. The maximum Gasteiger partial charge on any atom is 0.276 e. The Morgan fingerprint density at radius 1 is 1.18 bits per heavy atom. The van der Waals surface area contributed by atoms with Gasteiger partial charge in [-0.25, -0.2) is 4.98 Å². The summed E-state index contributed by atoms with van der Waals surface area (Å²) in [6, 6.07) is 10.1. The first-order chi connectivity index (χ1) is 10.9. The molecule has 0 amide bonds. The number of imidazole rings is 1. The molecule has 110 valence electrons. The molecule has 0 saturated heterocycles. The zero-order valence-electron chi connectivity index (χ0n) is 11.5. The van der Waals surface area contributed by atoms with E-state index in [1.807, 2.05) is 40.4 Å². The molecule has 0 radical (unpaired) electrons. The van der Waals surface area contributed by atoms with E-state index < -0.39 is 0 Å². The van der Waals surface area contributed by atoms with Crippen LogP contribution in [0.2, 0.25) is 0 Å². The van der Waals surface area contributed by atoms with Crippen LogP contribution < -0.4 is 0 Å². The maximum atomic E-state index is 5.67. The Morgan fingerprint density at radius 2 is 2.09 bits per heavy atom. The van der Waals surface area contributed by atoms with Gasteiger partial charge in [-0.2, -0.15) is 0 Å². The van der Waals surface area contributed by atoms with Gasteiger partial charge in [-0.15, -0.1) is 21.5 Å². The van der Waals surface area contributed by atoms with Gasteiger partial charge in [0.1, 0.15) is 0 Å². The summed E-state index contributed by atoms with van der Waals surface area (Å²) in [5.41, 5.74) is 2.18. The molecule has 4 aromatic rings. The molecule has 5 nitrogen and oxygen atoms in total. The quantitative estimate of drug-likeness (QED) is 0.523. The molecule has 1 aromatic carbocycles. The van der Waals surface area contributed by atoms with Crippen molar-refractivity contribution in [3.8, 4) is 0 Å². The van der Waals surface area contributed by atoms with Crippen LogP contribution in [0.3, 0.4) is 0 Å². The summed E-state index contributed by atoms with van der Waals surface area (Å²) in [4.78, 5) is 5.54. The summed E-state index contributed by atoms with van der Waals surface area (Å²) in [5.74, 6) is 1.36. The fourth-order valence-corrected chi connectivity index (χ4v) is 3.50. The van der Waals surface area contributed by atoms with Gasteiger partial charge in [0.15, 0.2) is 4.96 Å². The Kier molecular flexibility index (Phi) is 3.65. The number of aromatic nitrogens is 4. The Morgan fingerprint density at radius 3 is 2.95 bits per heavy atom. The van der Waals surface area contributed by atoms with Crippen molar-refractivity contribution in [3.63, 3.8) is 0 Å². The van der Waals surface area contributed by atoms with Crippen LogP contribution in [0.25, 0.3) is 4.96 Å². The molecule has 3 aromatic heterocycles. The maximum absolute atomic E-state index is 5.67.